The number of hydrogen-bond acceptors (Lipinski definition) is 2. The van der Waals surface area contributed by atoms with Gasteiger partial charge in [0.1, 0.15) is 7.11 Å². The molecule has 0 aliphatic heterocycles. The van der Waals surface area contributed by atoms with Crippen LogP contribution in [0.2, 0.25) is 0 Å². The van der Waals surface area contributed by atoms with Crippen molar-refractivity contribution in [3.8, 4) is 11.8 Å². The van der Waals surface area contributed by atoms with E-state index in [2.05, 4.69) is 28.8 Å². The van der Waals surface area contributed by atoms with Crippen molar-refractivity contribution in [2.75, 3.05) is 7.11 Å². The lowest BCUT2D eigenvalue weighted by molar-refractivity contribution is 0.214. The molecule has 12 heavy (non-hydrogen) atoms. The average molecular weight is 167 g/mol. The number of unbranched alkanes of at least 4 members (excludes halogenated alkanes) is 3. The molecule has 0 saturated heterocycles. The van der Waals surface area contributed by atoms with Crippen LogP contribution in [-0.2, 0) is 4.84 Å². The highest BCUT2D eigenvalue weighted by molar-refractivity contribution is 5.56. The third-order valence-corrected chi connectivity index (χ3v) is 1.31. The van der Waals surface area contributed by atoms with Crippen molar-refractivity contribution < 1.29 is 4.84 Å². The Morgan fingerprint density at radius 3 is 2.75 bits per heavy atom. The minimum Gasteiger partial charge on any atom is -0.399 e. The number of hydrogen-bond donors (Lipinski definition) is 0. The molecule has 0 spiro atoms. The van der Waals surface area contributed by atoms with Crippen LogP contribution in [0.15, 0.2) is 5.16 Å². The Bertz CT molecular complexity index is 164. The predicted molar refractivity (Wildman–Crippen MR) is 52.0 cm³/mol. The lowest BCUT2D eigenvalue weighted by Gasteiger charge is -1.87. The molecule has 0 fully saturated rings. The number of rotatable bonds is 5. The van der Waals surface area contributed by atoms with Crippen molar-refractivity contribution in [3.63, 3.8) is 0 Å². The van der Waals surface area contributed by atoms with Crippen LogP contribution < -0.4 is 0 Å². The van der Waals surface area contributed by atoms with Crippen LogP contribution in [0.5, 0.6) is 0 Å². The second-order valence-corrected chi connectivity index (χ2v) is 2.47. The van der Waals surface area contributed by atoms with Gasteiger partial charge in [-0.3, -0.25) is 0 Å². The van der Waals surface area contributed by atoms with Gasteiger partial charge in [-0.2, -0.15) is 0 Å². The Balaban J connectivity index is 3.11. The van der Waals surface area contributed by atoms with Crippen molar-refractivity contribution >= 4 is 6.21 Å². The van der Waals surface area contributed by atoms with Crippen LogP contribution in [0.4, 0.5) is 0 Å². The molecule has 0 bridgehead atoms. The van der Waals surface area contributed by atoms with E-state index in [1.165, 1.54) is 0 Å². The quantitative estimate of drug-likeness (QED) is 0.267. The SMILES string of the molecule is CCCC#CCCCC=NOC. The molecule has 68 valence electrons. The first-order valence-corrected chi connectivity index (χ1v) is 4.42. The van der Waals surface area contributed by atoms with E-state index >= 15 is 0 Å². The lowest BCUT2D eigenvalue weighted by atomic mass is 10.2. The first kappa shape index (κ1) is 11.0. The smallest absolute Gasteiger partial charge is 0.106 e. The highest BCUT2D eigenvalue weighted by atomic mass is 16.6. The first-order chi connectivity index (χ1) is 5.91. The third kappa shape index (κ3) is 9.03. The second kappa shape index (κ2) is 10.0. The first-order valence-electron chi connectivity index (χ1n) is 4.42. The van der Waals surface area contributed by atoms with E-state index in [4.69, 9.17) is 0 Å². The highest BCUT2D eigenvalue weighted by Crippen LogP contribution is 1.91. The second-order valence-electron chi connectivity index (χ2n) is 2.47. The molecular weight excluding hydrogens is 150 g/mol. The van der Waals surface area contributed by atoms with Gasteiger partial charge in [-0.1, -0.05) is 12.1 Å². The topological polar surface area (TPSA) is 21.6 Å². The molecule has 0 aromatic heterocycles. The van der Waals surface area contributed by atoms with Crippen molar-refractivity contribution in [2.24, 2.45) is 5.16 Å². The van der Waals surface area contributed by atoms with E-state index in [0.717, 1.165) is 32.1 Å². The van der Waals surface area contributed by atoms with E-state index in [-0.39, 0.29) is 0 Å². The third-order valence-electron chi connectivity index (χ3n) is 1.31. The summed E-state index contributed by atoms with van der Waals surface area (Å²) < 4.78 is 0. The molecule has 0 aromatic rings. The zero-order chi connectivity index (χ0) is 9.07. The van der Waals surface area contributed by atoms with Gasteiger partial charge in [0.05, 0.1) is 0 Å². The minimum absolute atomic E-state index is 0.953. The van der Waals surface area contributed by atoms with Crippen LogP contribution in [0.1, 0.15) is 39.0 Å². The van der Waals surface area contributed by atoms with Gasteiger partial charge >= 0.3 is 0 Å². The standard InChI is InChI=1S/C10H17NO/c1-3-4-5-6-7-8-9-10-11-12-2/h10H,3-4,7-9H2,1-2H3. The summed E-state index contributed by atoms with van der Waals surface area (Å²) in [6.07, 6.45) is 6.94. The summed E-state index contributed by atoms with van der Waals surface area (Å²) in [5.41, 5.74) is 0. The molecule has 0 heterocycles. The van der Waals surface area contributed by atoms with Crippen LogP contribution in [0.3, 0.4) is 0 Å². The predicted octanol–water partition coefficient (Wildman–Crippen LogP) is 2.59. The Labute approximate surface area is 75.0 Å². The molecule has 2 heteroatoms. The molecule has 0 saturated carbocycles. The van der Waals surface area contributed by atoms with Gasteiger partial charge in [-0.05, 0) is 19.3 Å². The van der Waals surface area contributed by atoms with Crippen LogP contribution in [0.25, 0.3) is 0 Å². The Hall–Kier alpha value is -0.970. The largest absolute Gasteiger partial charge is 0.399 e. The molecule has 0 aromatic carbocycles. The summed E-state index contributed by atoms with van der Waals surface area (Å²) in [7, 11) is 1.55. The molecular formula is C10H17NO. The molecule has 0 aliphatic rings. The Morgan fingerprint density at radius 2 is 2.08 bits per heavy atom. The fraction of sp³-hybridized carbons (Fsp3) is 0.700. The maximum absolute atomic E-state index is 4.52. The van der Waals surface area contributed by atoms with E-state index in [1.807, 2.05) is 0 Å². The van der Waals surface area contributed by atoms with Gasteiger partial charge in [0.2, 0.25) is 0 Å². The van der Waals surface area contributed by atoms with E-state index in [9.17, 15) is 0 Å². The zero-order valence-electron chi connectivity index (χ0n) is 7.97. The molecule has 2 nitrogen and oxygen atoms in total. The van der Waals surface area contributed by atoms with Gasteiger partial charge in [-0.25, -0.2) is 0 Å². The van der Waals surface area contributed by atoms with E-state index < -0.39 is 0 Å². The minimum atomic E-state index is 0.953. The molecule has 0 atom stereocenters. The van der Waals surface area contributed by atoms with Crippen molar-refractivity contribution in [1.82, 2.24) is 0 Å². The average Bonchev–Trinajstić information content (AvgIpc) is 2.10. The molecule has 0 amide bonds. The van der Waals surface area contributed by atoms with Crippen LogP contribution >= 0.6 is 0 Å². The zero-order valence-corrected chi connectivity index (χ0v) is 7.97. The summed E-state index contributed by atoms with van der Waals surface area (Å²) >= 11 is 0. The van der Waals surface area contributed by atoms with Crippen molar-refractivity contribution in [3.05, 3.63) is 0 Å². The van der Waals surface area contributed by atoms with Crippen LogP contribution in [0, 0.1) is 11.8 Å². The number of nitrogens with zero attached hydrogens (tertiary/aromatic N) is 1. The van der Waals surface area contributed by atoms with Crippen molar-refractivity contribution in [1.29, 1.82) is 0 Å². The Kier molecular flexibility index (Phi) is 9.22. The molecule has 0 radical (unpaired) electrons. The monoisotopic (exact) mass is 167 g/mol. The highest BCUT2D eigenvalue weighted by Gasteiger charge is 1.80. The molecule has 0 unspecified atom stereocenters. The molecule has 0 aliphatic carbocycles. The van der Waals surface area contributed by atoms with Crippen molar-refractivity contribution in [2.45, 2.75) is 39.0 Å². The number of oxime groups is 1. The normalized spacial score (nSPS) is 9.50. The van der Waals surface area contributed by atoms with Crippen LogP contribution in [-0.4, -0.2) is 13.3 Å². The van der Waals surface area contributed by atoms with Gasteiger partial charge < -0.3 is 4.84 Å². The summed E-state index contributed by atoms with van der Waals surface area (Å²) in [4.78, 5) is 4.52. The van der Waals surface area contributed by atoms with Gasteiger partial charge in [0, 0.05) is 19.1 Å². The Morgan fingerprint density at radius 1 is 1.33 bits per heavy atom. The fourth-order valence-electron chi connectivity index (χ4n) is 0.711. The maximum Gasteiger partial charge on any atom is 0.106 e. The molecule has 0 N–H and O–H groups in total. The fourth-order valence-corrected chi connectivity index (χ4v) is 0.711. The van der Waals surface area contributed by atoms with E-state index in [1.54, 1.807) is 13.3 Å². The van der Waals surface area contributed by atoms with Gasteiger partial charge in [0.25, 0.3) is 0 Å². The summed E-state index contributed by atoms with van der Waals surface area (Å²) in [6.45, 7) is 2.14. The van der Waals surface area contributed by atoms with Gasteiger partial charge in [-0.15, -0.1) is 11.8 Å². The maximum atomic E-state index is 4.52. The summed E-state index contributed by atoms with van der Waals surface area (Å²) in [5.74, 6) is 6.21. The lowest BCUT2D eigenvalue weighted by Crippen LogP contribution is -1.77. The molecule has 0 rings (SSSR count). The van der Waals surface area contributed by atoms with Gasteiger partial charge in [0.15, 0.2) is 0 Å². The summed E-state index contributed by atoms with van der Waals surface area (Å²) in [5, 5.41) is 3.63. The van der Waals surface area contributed by atoms with E-state index in [0.29, 0.717) is 0 Å². The summed E-state index contributed by atoms with van der Waals surface area (Å²) in [6, 6.07) is 0.